The number of amidine groups is 1. The number of nitrogens with one attached hydrogen (secondary N) is 1. The van der Waals surface area contributed by atoms with Gasteiger partial charge in [-0.25, -0.2) is 0 Å². The second-order valence-corrected chi connectivity index (χ2v) is 4.91. The molecule has 4 N–H and O–H groups in total. The molecule has 16 heavy (non-hydrogen) atoms. The van der Waals surface area contributed by atoms with Crippen molar-refractivity contribution in [3.63, 3.8) is 0 Å². The lowest BCUT2D eigenvalue weighted by Gasteiger charge is -2.13. The lowest BCUT2D eigenvalue weighted by Crippen LogP contribution is -2.41. The van der Waals surface area contributed by atoms with Crippen molar-refractivity contribution in [1.29, 1.82) is 0 Å². The minimum atomic E-state index is -0.700. The van der Waals surface area contributed by atoms with Gasteiger partial charge in [-0.2, -0.15) is 0 Å². The fourth-order valence-corrected chi connectivity index (χ4v) is 1.99. The largest absolute Gasteiger partial charge is 0.409 e. The summed E-state index contributed by atoms with van der Waals surface area (Å²) in [6, 6.07) is 0. The van der Waals surface area contributed by atoms with E-state index in [-0.39, 0.29) is 11.7 Å². The molecule has 2 rings (SSSR count). The highest BCUT2D eigenvalue weighted by Crippen LogP contribution is 2.46. The van der Waals surface area contributed by atoms with E-state index in [1.165, 1.54) is 19.3 Å². The van der Waals surface area contributed by atoms with Crippen molar-refractivity contribution in [2.45, 2.75) is 38.5 Å². The van der Waals surface area contributed by atoms with Crippen molar-refractivity contribution >= 4 is 11.7 Å². The summed E-state index contributed by atoms with van der Waals surface area (Å²) in [6.45, 7) is 0.704. The average Bonchev–Trinajstić information content (AvgIpc) is 3.16. The van der Waals surface area contributed by atoms with Gasteiger partial charge in [0, 0.05) is 6.54 Å². The van der Waals surface area contributed by atoms with Crippen LogP contribution in [0, 0.1) is 11.3 Å². The number of amides is 1. The molecule has 0 aliphatic heterocycles. The Labute approximate surface area is 95.1 Å². The zero-order valence-corrected chi connectivity index (χ0v) is 9.41. The van der Waals surface area contributed by atoms with Gasteiger partial charge in [0.15, 0.2) is 5.84 Å². The van der Waals surface area contributed by atoms with E-state index in [1.54, 1.807) is 0 Å². The predicted octanol–water partition coefficient (Wildman–Crippen LogP) is 0.819. The fraction of sp³-hybridized carbons (Fsp3) is 0.818. The summed E-state index contributed by atoms with van der Waals surface area (Å²) >= 11 is 0. The van der Waals surface area contributed by atoms with Crippen LogP contribution in [0.3, 0.4) is 0 Å². The summed E-state index contributed by atoms with van der Waals surface area (Å²) in [5, 5.41) is 14.4. The summed E-state index contributed by atoms with van der Waals surface area (Å²) in [5.74, 6) is 0.863. The van der Waals surface area contributed by atoms with Crippen molar-refractivity contribution in [3.8, 4) is 0 Å². The summed E-state index contributed by atoms with van der Waals surface area (Å²) < 4.78 is 0. The van der Waals surface area contributed by atoms with Crippen LogP contribution in [0.25, 0.3) is 0 Å². The summed E-state index contributed by atoms with van der Waals surface area (Å²) in [7, 11) is 0. The van der Waals surface area contributed by atoms with E-state index >= 15 is 0 Å². The molecule has 0 aromatic heterocycles. The van der Waals surface area contributed by atoms with E-state index in [0.717, 1.165) is 12.3 Å². The Morgan fingerprint density at radius 3 is 2.69 bits per heavy atom. The maximum absolute atomic E-state index is 11.8. The molecule has 2 saturated carbocycles. The molecular formula is C11H19N3O2. The highest BCUT2D eigenvalue weighted by molar-refractivity contribution is 6.09. The summed E-state index contributed by atoms with van der Waals surface area (Å²) in [6.07, 6.45) is 6.32. The maximum atomic E-state index is 11.8. The minimum Gasteiger partial charge on any atom is -0.409 e. The van der Waals surface area contributed by atoms with E-state index < -0.39 is 5.41 Å². The van der Waals surface area contributed by atoms with Gasteiger partial charge in [-0.05, 0) is 31.6 Å². The lowest BCUT2D eigenvalue weighted by atomic mass is 10.1. The number of carbonyl (C=O) groups is 1. The second-order valence-electron chi connectivity index (χ2n) is 4.91. The number of hydrogen-bond acceptors (Lipinski definition) is 3. The monoisotopic (exact) mass is 225 g/mol. The number of nitrogens with two attached hydrogens (primary N) is 1. The molecule has 0 atom stereocenters. The first-order chi connectivity index (χ1) is 7.69. The Hall–Kier alpha value is -1.26. The first kappa shape index (κ1) is 11.2. The first-order valence-electron chi connectivity index (χ1n) is 5.95. The second kappa shape index (κ2) is 4.31. The predicted molar refractivity (Wildman–Crippen MR) is 60.0 cm³/mol. The Balaban J connectivity index is 1.70. The van der Waals surface area contributed by atoms with Crippen molar-refractivity contribution in [1.82, 2.24) is 5.32 Å². The van der Waals surface area contributed by atoms with Gasteiger partial charge >= 0.3 is 0 Å². The topological polar surface area (TPSA) is 87.7 Å². The zero-order valence-electron chi connectivity index (χ0n) is 9.41. The quantitative estimate of drug-likeness (QED) is 0.205. The fourth-order valence-electron chi connectivity index (χ4n) is 1.99. The molecule has 1 amide bonds. The van der Waals surface area contributed by atoms with E-state index in [2.05, 4.69) is 10.5 Å². The molecule has 0 aromatic carbocycles. The molecule has 2 fully saturated rings. The number of nitrogens with zero attached hydrogens (tertiary/aromatic N) is 1. The van der Waals surface area contributed by atoms with Gasteiger partial charge < -0.3 is 16.3 Å². The van der Waals surface area contributed by atoms with Crippen LogP contribution in [0.2, 0.25) is 0 Å². The van der Waals surface area contributed by atoms with Gasteiger partial charge in [0.2, 0.25) is 5.91 Å². The van der Waals surface area contributed by atoms with Crippen LogP contribution in [-0.4, -0.2) is 23.5 Å². The number of carbonyl (C=O) groups excluding carboxylic acids is 1. The molecule has 0 saturated heterocycles. The molecule has 0 radical (unpaired) electrons. The molecule has 2 aliphatic rings. The Bertz CT molecular complexity index is 306. The molecule has 5 nitrogen and oxygen atoms in total. The van der Waals surface area contributed by atoms with Crippen molar-refractivity contribution in [2.24, 2.45) is 22.2 Å². The molecule has 2 aliphatic carbocycles. The number of hydrogen-bond donors (Lipinski definition) is 3. The highest BCUT2D eigenvalue weighted by atomic mass is 16.4. The zero-order chi connectivity index (χ0) is 11.6. The lowest BCUT2D eigenvalue weighted by molar-refractivity contribution is -0.124. The molecule has 0 aromatic rings. The van der Waals surface area contributed by atoms with E-state index in [1.807, 2.05) is 0 Å². The van der Waals surface area contributed by atoms with Gasteiger partial charge in [-0.1, -0.05) is 18.0 Å². The van der Waals surface area contributed by atoms with Gasteiger partial charge in [0.25, 0.3) is 0 Å². The molecule has 0 bridgehead atoms. The molecule has 90 valence electrons. The van der Waals surface area contributed by atoms with Crippen molar-refractivity contribution in [3.05, 3.63) is 0 Å². The third-order valence-corrected chi connectivity index (χ3v) is 3.55. The van der Waals surface area contributed by atoms with Gasteiger partial charge in [0.05, 0.1) is 0 Å². The van der Waals surface area contributed by atoms with Crippen LogP contribution in [-0.2, 0) is 4.79 Å². The SMILES string of the molecule is NC(=NO)C1(C(=O)NCCCC2CC2)CC1. The van der Waals surface area contributed by atoms with Gasteiger partial charge in [-0.3, -0.25) is 4.79 Å². The average molecular weight is 225 g/mol. The number of rotatable bonds is 6. The van der Waals surface area contributed by atoms with Crippen molar-refractivity contribution in [2.75, 3.05) is 6.54 Å². The first-order valence-corrected chi connectivity index (χ1v) is 5.95. The van der Waals surface area contributed by atoms with Crippen LogP contribution in [0.4, 0.5) is 0 Å². The molecular weight excluding hydrogens is 206 g/mol. The van der Waals surface area contributed by atoms with Crippen LogP contribution < -0.4 is 11.1 Å². The summed E-state index contributed by atoms with van der Waals surface area (Å²) in [5.41, 5.74) is 4.82. The highest BCUT2D eigenvalue weighted by Gasteiger charge is 2.54. The maximum Gasteiger partial charge on any atom is 0.233 e. The van der Waals surface area contributed by atoms with Crippen LogP contribution >= 0.6 is 0 Å². The Morgan fingerprint density at radius 2 is 2.19 bits per heavy atom. The molecule has 0 heterocycles. The smallest absolute Gasteiger partial charge is 0.233 e. The van der Waals surface area contributed by atoms with E-state index in [0.29, 0.717) is 19.4 Å². The van der Waals surface area contributed by atoms with Crippen LogP contribution in [0.5, 0.6) is 0 Å². The van der Waals surface area contributed by atoms with Gasteiger partial charge in [-0.15, -0.1) is 0 Å². The Morgan fingerprint density at radius 1 is 1.50 bits per heavy atom. The van der Waals surface area contributed by atoms with Gasteiger partial charge in [0.1, 0.15) is 5.41 Å². The standard InChI is InChI=1S/C11H19N3O2/c12-9(14-16)11(5-6-11)10(15)13-7-1-2-8-3-4-8/h8,16H,1-7H2,(H2,12,14)(H,13,15). The normalized spacial score (nSPS) is 22.9. The van der Waals surface area contributed by atoms with Crippen LogP contribution in [0.15, 0.2) is 5.16 Å². The number of oxime groups is 1. The third-order valence-electron chi connectivity index (χ3n) is 3.55. The third kappa shape index (κ3) is 2.28. The van der Waals surface area contributed by atoms with Crippen LogP contribution in [0.1, 0.15) is 38.5 Å². The summed E-state index contributed by atoms with van der Waals surface area (Å²) in [4.78, 5) is 11.8. The minimum absolute atomic E-state index is 0.0483. The van der Waals surface area contributed by atoms with E-state index in [4.69, 9.17) is 10.9 Å². The molecule has 0 spiro atoms. The van der Waals surface area contributed by atoms with E-state index in [9.17, 15) is 4.79 Å². The molecule has 0 unspecified atom stereocenters. The molecule has 5 heteroatoms. The Kier molecular flexibility index (Phi) is 3.03. The van der Waals surface area contributed by atoms with Crippen molar-refractivity contribution < 1.29 is 10.0 Å².